The summed E-state index contributed by atoms with van der Waals surface area (Å²) in [5.74, 6) is 1.65. The van der Waals surface area contributed by atoms with E-state index >= 15 is 0 Å². The second-order valence-corrected chi connectivity index (χ2v) is 7.89. The Labute approximate surface area is 161 Å². The van der Waals surface area contributed by atoms with Crippen LogP contribution in [0.4, 0.5) is 11.5 Å². The Morgan fingerprint density at radius 1 is 1.00 bits per heavy atom. The van der Waals surface area contributed by atoms with E-state index in [1.54, 1.807) is 11.3 Å². The Bertz CT molecular complexity index is 1070. The molecule has 2 aromatic heterocycles. The van der Waals surface area contributed by atoms with Crippen molar-refractivity contribution in [1.29, 1.82) is 0 Å². The van der Waals surface area contributed by atoms with Gasteiger partial charge < -0.3 is 5.32 Å². The van der Waals surface area contributed by atoms with Crippen molar-refractivity contribution in [3.63, 3.8) is 0 Å². The summed E-state index contributed by atoms with van der Waals surface area (Å²) < 4.78 is 0. The molecule has 2 aromatic carbocycles. The van der Waals surface area contributed by atoms with Crippen molar-refractivity contribution in [3.05, 3.63) is 81.4 Å². The van der Waals surface area contributed by atoms with Crippen LogP contribution in [0.2, 0.25) is 5.02 Å². The molecule has 0 aliphatic carbocycles. The van der Waals surface area contributed by atoms with E-state index < -0.39 is 0 Å². The van der Waals surface area contributed by atoms with Crippen molar-refractivity contribution in [1.82, 2.24) is 9.97 Å². The quantitative estimate of drug-likeness (QED) is 0.452. The van der Waals surface area contributed by atoms with Crippen LogP contribution in [0.3, 0.4) is 0 Å². The summed E-state index contributed by atoms with van der Waals surface area (Å²) in [7, 11) is 0. The Kier molecular flexibility index (Phi) is 4.62. The number of nitrogens with zero attached hydrogens (tertiary/aromatic N) is 2. The average molecular weight is 380 g/mol. The number of hydrogen-bond acceptors (Lipinski definition) is 4. The SMILES string of the molecule is Cc1sc2nc(Cc3ccccc3)nc(Nc3cccc(Cl)c3)c2c1C. The lowest BCUT2D eigenvalue weighted by atomic mass is 10.1. The molecule has 0 amide bonds. The first-order valence-electron chi connectivity index (χ1n) is 8.43. The van der Waals surface area contributed by atoms with Crippen molar-refractivity contribution < 1.29 is 0 Å². The predicted molar refractivity (Wildman–Crippen MR) is 111 cm³/mol. The van der Waals surface area contributed by atoms with E-state index in [-0.39, 0.29) is 0 Å². The van der Waals surface area contributed by atoms with Crippen LogP contribution in [0.5, 0.6) is 0 Å². The molecule has 5 heteroatoms. The molecule has 0 aliphatic rings. The van der Waals surface area contributed by atoms with Gasteiger partial charge in [0, 0.05) is 22.0 Å². The molecule has 0 atom stereocenters. The van der Waals surface area contributed by atoms with E-state index in [1.807, 2.05) is 42.5 Å². The molecule has 0 saturated heterocycles. The average Bonchev–Trinajstić information content (AvgIpc) is 2.90. The summed E-state index contributed by atoms with van der Waals surface area (Å²) in [5, 5.41) is 5.22. The van der Waals surface area contributed by atoms with Gasteiger partial charge in [-0.15, -0.1) is 11.3 Å². The zero-order valence-corrected chi connectivity index (χ0v) is 16.2. The van der Waals surface area contributed by atoms with E-state index in [0.29, 0.717) is 11.4 Å². The highest BCUT2D eigenvalue weighted by Crippen LogP contribution is 2.35. The predicted octanol–water partition coefficient (Wildman–Crippen LogP) is 6.30. The summed E-state index contributed by atoms with van der Waals surface area (Å²) in [5.41, 5.74) is 3.35. The molecule has 3 nitrogen and oxygen atoms in total. The second kappa shape index (κ2) is 7.06. The van der Waals surface area contributed by atoms with Crippen molar-refractivity contribution in [2.75, 3.05) is 5.32 Å². The third kappa shape index (κ3) is 3.43. The molecule has 4 rings (SSSR count). The summed E-state index contributed by atoms with van der Waals surface area (Å²) in [4.78, 5) is 11.9. The Balaban J connectivity index is 1.80. The number of halogens is 1. The maximum atomic E-state index is 6.13. The Morgan fingerprint density at radius 3 is 2.58 bits per heavy atom. The Morgan fingerprint density at radius 2 is 1.81 bits per heavy atom. The van der Waals surface area contributed by atoms with Gasteiger partial charge in [-0.1, -0.05) is 48.0 Å². The third-order valence-corrected chi connectivity index (χ3v) is 5.70. The van der Waals surface area contributed by atoms with Gasteiger partial charge in [0.15, 0.2) is 0 Å². The highest BCUT2D eigenvalue weighted by molar-refractivity contribution is 7.18. The van der Waals surface area contributed by atoms with Crippen LogP contribution in [0.15, 0.2) is 54.6 Å². The van der Waals surface area contributed by atoms with Gasteiger partial charge in [0.1, 0.15) is 16.5 Å². The molecule has 4 aromatic rings. The lowest BCUT2D eigenvalue weighted by Crippen LogP contribution is -2.02. The molecule has 0 radical (unpaired) electrons. The van der Waals surface area contributed by atoms with E-state index in [1.165, 1.54) is 16.0 Å². The van der Waals surface area contributed by atoms with Crippen molar-refractivity contribution >= 4 is 44.7 Å². The Hall–Kier alpha value is -2.43. The minimum Gasteiger partial charge on any atom is -0.340 e. The number of aromatic nitrogens is 2. The molecular formula is C21H18ClN3S. The molecule has 0 spiro atoms. The molecule has 1 N–H and O–H groups in total. The monoisotopic (exact) mass is 379 g/mol. The fraction of sp³-hybridized carbons (Fsp3) is 0.143. The smallest absolute Gasteiger partial charge is 0.143 e. The van der Waals surface area contributed by atoms with Crippen LogP contribution in [0.25, 0.3) is 10.2 Å². The molecule has 26 heavy (non-hydrogen) atoms. The number of fused-ring (bicyclic) bond motifs is 1. The zero-order valence-electron chi connectivity index (χ0n) is 14.6. The normalized spacial score (nSPS) is 11.0. The minimum absolute atomic E-state index is 0.697. The van der Waals surface area contributed by atoms with Gasteiger partial charge in [-0.05, 0) is 43.2 Å². The van der Waals surface area contributed by atoms with E-state index in [0.717, 1.165) is 27.5 Å². The zero-order chi connectivity index (χ0) is 18.1. The molecular weight excluding hydrogens is 362 g/mol. The standard InChI is InChI=1S/C21H18ClN3S/c1-13-14(2)26-21-19(13)20(23-17-10-6-9-16(22)12-17)24-18(25-21)11-15-7-4-3-5-8-15/h3-10,12H,11H2,1-2H3,(H,23,24,25). The first kappa shape index (κ1) is 17.0. The summed E-state index contributed by atoms with van der Waals surface area (Å²) in [6.07, 6.45) is 0.705. The van der Waals surface area contributed by atoms with Crippen LogP contribution >= 0.6 is 22.9 Å². The van der Waals surface area contributed by atoms with Crippen LogP contribution in [-0.4, -0.2) is 9.97 Å². The topological polar surface area (TPSA) is 37.8 Å². The maximum absolute atomic E-state index is 6.13. The number of hydrogen-bond donors (Lipinski definition) is 1. The van der Waals surface area contributed by atoms with Gasteiger partial charge in [0.05, 0.1) is 5.39 Å². The van der Waals surface area contributed by atoms with Gasteiger partial charge >= 0.3 is 0 Å². The number of aryl methyl sites for hydroxylation is 2. The highest BCUT2D eigenvalue weighted by atomic mass is 35.5. The van der Waals surface area contributed by atoms with Crippen molar-refractivity contribution in [2.45, 2.75) is 20.3 Å². The first-order valence-corrected chi connectivity index (χ1v) is 9.63. The molecule has 0 unspecified atom stereocenters. The number of nitrogens with one attached hydrogen (secondary N) is 1. The van der Waals surface area contributed by atoms with Crippen LogP contribution < -0.4 is 5.32 Å². The summed E-state index contributed by atoms with van der Waals surface area (Å²) >= 11 is 7.85. The van der Waals surface area contributed by atoms with Gasteiger partial charge in [-0.2, -0.15) is 0 Å². The molecule has 0 saturated carbocycles. The van der Waals surface area contributed by atoms with Crippen molar-refractivity contribution in [3.8, 4) is 0 Å². The van der Waals surface area contributed by atoms with Crippen LogP contribution in [0, 0.1) is 13.8 Å². The molecule has 130 valence electrons. The molecule has 0 bridgehead atoms. The summed E-state index contributed by atoms with van der Waals surface area (Å²) in [6.45, 7) is 4.25. The van der Waals surface area contributed by atoms with Crippen molar-refractivity contribution in [2.24, 2.45) is 0 Å². The van der Waals surface area contributed by atoms with Crippen LogP contribution in [0.1, 0.15) is 21.8 Å². The number of thiophene rings is 1. The van der Waals surface area contributed by atoms with Gasteiger partial charge in [0.2, 0.25) is 0 Å². The fourth-order valence-electron chi connectivity index (χ4n) is 2.94. The number of rotatable bonds is 4. The highest BCUT2D eigenvalue weighted by Gasteiger charge is 2.15. The number of anilines is 2. The summed E-state index contributed by atoms with van der Waals surface area (Å²) in [6, 6.07) is 18.0. The lowest BCUT2D eigenvalue weighted by molar-refractivity contribution is 0.999. The first-order chi connectivity index (χ1) is 12.6. The van der Waals surface area contributed by atoms with E-state index in [2.05, 4.69) is 31.3 Å². The third-order valence-electron chi connectivity index (χ3n) is 4.37. The van der Waals surface area contributed by atoms with Gasteiger partial charge in [0.25, 0.3) is 0 Å². The minimum atomic E-state index is 0.697. The largest absolute Gasteiger partial charge is 0.340 e. The molecule has 2 heterocycles. The molecule has 0 fully saturated rings. The van der Waals surface area contributed by atoms with E-state index in [4.69, 9.17) is 21.6 Å². The second-order valence-electron chi connectivity index (χ2n) is 6.25. The maximum Gasteiger partial charge on any atom is 0.143 e. The lowest BCUT2D eigenvalue weighted by Gasteiger charge is -2.10. The van der Waals surface area contributed by atoms with E-state index in [9.17, 15) is 0 Å². The fourth-order valence-corrected chi connectivity index (χ4v) is 4.18. The van der Waals surface area contributed by atoms with Gasteiger partial charge in [-0.3, -0.25) is 0 Å². The number of benzene rings is 2. The van der Waals surface area contributed by atoms with Crippen LogP contribution in [-0.2, 0) is 6.42 Å². The molecule has 0 aliphatic heterocycles. The van der Waals surface area contributed by atoms with Gasteiger partial charge in [-0.25, -0.2) is 9.97 Å².